The minimum Gasteiger partial charge on any atom is -0.359 e. The third-order valence-electron chi connectivity index (χ3n) is 7.06. The first-order valence-electron chi connectivity index (χ1n) is 13.0. The van der Waals surface area contributed by atoms with E-state index in [0.29, 0.717) is 25.2 Å². The van der Waals surface area contributed by atoms with Crippen molar-refractivity contribution in [3.63, 3.8) is 0 Å². The van der Waals surface area contributed by atoms with E-state index in [0.717, 1.165) is 28.1 Å². The van der Waals surface area contributed by atoms with Crippen molar-refractivity contribution in [2.75, 3.05) is 7.05 Å². The molecular formula is C28H39N3O3S. The van der Waals surface area contributed by atoms with Crippen molar-refractivity contribution in [2.24, 2.45) is 11.8 Å². The van der Waals surface area contributed by atoms with Gasteiger partial charge in [0.05, 0.1) is 21.1 Å². The molecule has 0 unspecified atom stereocenters. The number of carbonyl (C=O) groups is 3. The largest absolute Gasteiger partial charge is 0.359 e. The number of nitrogens with zero attached hydrogens (tertiary/aromatic N) is 1. The fourth-order valence-electron chi connectivity index (χ4n) is 4.93. The maximum absolute atomic E-state index is 13.5. The Labute approximate surface area is 213 Å². The van der Waals surface area contributed by atoms with Gasteiger partial charge in [-0.15, -0.1) is 11.3 Å². The number of thiazole rings is 1. The summed E-state index contributed by atoms with van der Waals surface area (Å²) in [6.07, 6.45) is 10.8. The fraction of sp³-hybridized carbons (Fsp3) is 0.571. The summed E-state index contributed by atoms with van der Waals surface area (Å²) in [4.78, 5) is 42.4. The monoisotopic (exact) mass is 497 g/mol. The van der Waals surface area contributed by atoms with Crippen LogP contribution in [-0.4, -0.2) is 35.7 Å². The van der Waals surface area contributed by atoms with Crippen molar-refractivity contribution in [2.45, 2.75) is 83.6 Å². The van der Waals surface area contributed by atoms with Gasteiger partial charge >= 0.3 is 0 Å². The van der Waals surface area contributed by atoms with Gasteiger partial charge in [0.1, 0.15) is 0 Å². The Morgan fingerprint density at radius 1 is 1.23 bits per heavy atom. The average Bonchev–Trinajstić information content (AvgIpc) is 3.28. The second-order valence-electron chi connectivity index (χ2n) is 9.70. The van der Waals surface area contributed by atoms with E-state index in [1.165, 1.54) is 43.7 Å². The maximum Gasteiger partial charge on any atom is 0.224 e. The van der Waals surface area contributed by atoms with Gasteiger partial charge in [0.25, 0.3) is 0 Å². The minimum atomic E-state index is -0.509. The Morgan fingerprint density at radius 2 is 2.00 bits per heavy atom. The minimum absolute atomic E-state index is 0.00396. The summed E-state index contributed by atoms with van der Waals surface area (Å²) in [7, 11) is 1.59. The lowest BCUT2D eigenvalue weighted by Crippen LogP contribution is -2.42. The molecule has 6 nitrogen and oxygen atoms in total. The summed E-state index contributed by atoms with van der Waals surface area (Å²) >= 11 is 1.59. The fourth-order valence-corrected chi connectivity index (χ4v) is 6.04. The topological polar surface area (TPSA) is 88.2 Å². The molecule has 2 atom stereocenters. The number of fused-ring (bicyclic) bond motifs is 1. The Balaban J connectivity index is 1.74. The number of ketones is 1. The van der Waals surface area contributed by atoms with Crippen LogP contribution >= 0.6 is 11.3 Å². The van der Waals surface area contributed by atoms with E-state index in [2.05, 4.69) is 36.3 Å². The molecule has 2 aromatic rings. The molecule has 0 saturated heterocycles. The Bertz CT molecular complexity index is 1030. The molecule has 1 aliphatic carbocycles. The van der Waals surface area contributed by atoms with E-state index in [1.807, 2.05) is 6.07 Å². The van der Waals surface area contributed by atoms with Gasteiger partial charge in [-0.2, -0.15) is 0 Å². The molecule has 1 aromatic heterocycles. The summed E-state index contributed by atoms with van der Waals surface area (Å²) in [5.74, 6) is -0.234. The van der Waals surface area contributed by atoms with E-state index in [-0.39, 0.29) is 30.1 Å². The number of allylic oxidation sites excluding steroid dienone is 1. The summed E-state index contributed by atoms with van der Waals surface area (Å²) in [6.45, 7) is 5.70. The van der Waals surface area contributed by atoms with Crippen LogP contribution in [-0.2, 0) is 27.2 Å². The number of aryl methyl sites for hydroxylation is 1. The number of amides is 2. The summed E-state index contributed by atoms with van der Waals surface area (Å²) in [6, 6.07) is 6.19. The highest BCUT2D eigenvalue weighted by atomic mass is 32.1. The third kappa shape index (κ3) is 8.27. The lowest BCUT2D eigenvalue weighted by atomic mass is 9.83. The molecule has 35 heavy (non-hydrogen) atoms. The lowest BCUT2D eigenvalue weighted by molar-refractivity contribution is -0.130. The van der Waals surface area contributed by atoms with Gasteiger partial charge in [-0.1, -0.05) is 51.7 Å². The number of hydrogen-bond donors (Lipinski definition) is 2. The zero-order chi connectivity index (χ0) is 25.2. The molecule has 0 radical (unpaired) electrons. The summed E-state index contributed by atoms with van der Waals surface area (Å²) in [5, 5.41) is 6.73. The quantitative estimate of drug-likeness (QED) is 0.375. The van der Waals surface area contributed by atoms with Crippen LogP contribution in [0.5, 0.6) is 0 Å². The third-order valence-corrected chi connectivity index (χ3v) is 8.10. The van der Waals surface area contributed by atoms with E-state index >= 15 is 0 Å². The number of nitrogens with one attached hydrogen (secondary N) is 2. The Kier molecular flexibility index (Phi) is 10.5. The molecular weight excluding hydrogens is 458 g/mol. The standard InChI is InChI=1S/C28H39N3O3S/c1-4-19-11-14-24-25(16-19)35-27(31-24)18-21(17-26(33)29-3)28(34)30-22(12-13-23(32)5-2)15-20-9-7-6-8-10-20/h5,11,14,16,20-22H,2,4,6-10,12-13,15,17-18H2,1,3H3,(H,29,33)(H,30,34)/t21-,22+/m0/s1. The van der Waals surface area contributed by atoms with E-state index in [9.17, 15) is 14.4 Å². The van der Waals surface area contributed by atoms with Gasteiger partial charge in [0, 0.05) is 32.4 Å². The zero-order valence-corrected chi connectivity index (χ0v) is 21.9. The predicted molar refractivity (Wildman–Crippen MR) is 142 cm³/mol. The van der Waals surface area contributed by atoms with Gasteiger partial charge in [-0.25, -0.2) is 4.98 Å². The second-order valence-corrected chi connectivity index (χ2v) is 10.8. The van der Waals surface area contributed by atoms with Gasteiger partial charge in [0.2, 0.25) is 11.8 Å². The first-order chi connectivity index (χ1) is 16.9. The number of carbonyl (C=O) groups excluding carboxylic acids is 3. The predicted octanol–water partition coefficient (Wildman–Crippen LogP) is 5.14. The van der Waals surface area contributed by atoms with Crippen LogP contribution in [0.1, 0.15) is 75.3 Å². The van der Waals surface area contributed by atoms with Crippen molar-refractivity contribution < 1.29 is 14.4 Å². The number of hydrogen-bond acceptors (Lipinski definition) is 5. The molecule has 1 aromatic carbocycles. The van der Waals surface area contributed by atoms with Gasteiger partial charge in [-0.05, 0) is 49.0 Å². The second kappa shape index (κ2) is 13.5. The summed E-state index contributed by atoms with van der Waals surface area (Å²) in [5.41, 5.74) is 2.19. The number of aromatic nitrogens is 1. The molecule has 1 heterocycles. The van der Waals surface area contributed by atoms with Gasteiger partial charge < -0.3 is 10.6 Å². The van der Waals surface area contributed by atoms with Crippen LogP contribution in [0.15, 0.2) is 30.9 Å². The molecule has 2 amide bonds. The number of rotatable bonds is 13. The molecule has 7 heteroatoms. The lowest BCUT2D eigenvalue weighted by Gasteiger charge is -2.28. The van der Waals surface area contributed by atoms with Crippen LogP contribution in [0.2, 0.25) is 0 Å². The van der Waals surface area contributed by atoms with Crippen molar-refractivity contribution in [1.29, 1.82) is 0 Å². The van der Waals surface area contributed by atoms with E-state index in [4.69, 9.17) is 4.98 Å². The number of benzene rings is 1. The van der Waals surface area contributed by atoms with Crippen molar-refractivity contribution >= 4 is 39.2 Å². The first-order valence-corrected chi connectivity index (χ1v) is 13.8. The van der Waals surface area contributed by atoms with Crippen LogP contribution in [0, 0.1) is 11.8 Å². The van der Waals surface area contributed by atoms with E-state index < -0.39 is 5.92 Å². The average molecular weight is 498 g/mol. The Morgan fingerprint density at radius 3 is 2.69 bits per heavy atom. The molecule has 1 aliphatic rings. The highest BCUT2D eigenvalue weighted by Crippen LogP contribution is 2.29. The molecule has 0 aliphatic heterocycles. The van der Waals surface area contributed by atoms with Crippen molar-refractivity contribution in [3.8, 4) is 0 Å². The highest BCUT2D eigenvalue weighted by Gasteiger charge is 2.27. The summed E-state index contributed by atoms with van der Waals surface area (Å²) < 4.78 is 1.11. The van der Waals surface area contributed by atoms with Crippen LogP contribution < -0.4 is 10.6 Å². The molecule has 0 bridgehead atoms. The van der Waals surface area contributed by atoms with Gasteiger partial charge in [0.15, 0.2) is 5.78 Å². The molecule has 0 spiro atoms. The molecule has 1 fully saturated rings. The van der Waals surface area contributed by atoms with Gasteiger partial charge in [-0.3, -0.25) is 14.4 Å². The highest BCUT2D eigenvalue weighted by molar-refractivity contribution is 7.18. The Hall–Kier alpha value is -2.54. The normalized spacial score (nSPS) is 15.9. The smallest absolute Gasteiger partial charge is 0.224 e. The van der Waals surface area contributed by atoms with Crippen LogP contribution in [0.4, 0.5) is 0 Å². The SMILES string of the molecule is C=CC(=O)CC[C@H](CC1CCCCC1)NC(=O)[C@@H](CC(=O)NC)Cc1nc2ccc(CC)cc2s1. The van der Waals surface area contributed by atoms with E-state index in [1.54, 1.807) is 18.4 Å². The molecule has 2 N–H and O–H groups in total. The van der Waals surface area contributed by atoms with Crippen LogP contribution in [0.3, 0.4) is 0 Å². The maximum atomic E-state index is 13.5. The first kappa shape index (κ1) is 27.1. The van der Waals surface area contributed by atoms with Crippen molar-refractivity contribution in [1.82, 2.24) is 15.6 Å². The van der Waals surface area contributed by atoms with Crippen LogP contribution in [0.25, 0.3) is 10.2 Å². The molecule has 190 valence electrons. The molecule has 3 rings (SSSR count). The molecule has 1 saturated carbocycles. The zero-order valence-electron chi connectivity index (χ0n) is 21.1. The van der Waals surface area contributed by atoms with Crippen molar-refractivity contribution in [3.05, 3.63) is 41.4 Å².